The van der Waals surface area contributed by atoms with Gasteiger partial charge in [0.25, 0.3) is 0 Å². The number of aliphatic hydroxyl groups is 1. The summed E-state index contributed by atoms with van der Waals surface area (Å²) in [4.78, 5) is 0. The van der Waals surface area contributed by atoms with Crippen molar-refractivity contribution in [2.45, 2.75) is 6.18 Å². The van der Waals surface area contributed by atoms with Gasteiger partial charge in [-0.3, -0.25) is 0 Å². The van der Waals surface area contributed by atoms with Crippen LogP contribution in [0.5, 0.6) is 5.75 Å². The van der Waals surface area contributed by atoms with E-state index < -0.39 is 25.3 Å². The molecule has 0 bridgehead atoms. The molecule has 0 aliphatic rings. The van der Waals surface area contributed by atoms with Crippen LogP contribution in [0.25, 0.3) is 22.3 Å². The molecule has 0 saturated carbocycles. The topological polar surface area (TPSA) is 42.6 Å². The molecule has 0 radical (unpaired) electrons. The first-order valence-electron chi connectivity index (χ1n) is 7.37. The smallest absolute Gasteiger partial charge is 0.397 e. The third-order valence-corrected chi connectivity index (χ3v) is 3.68. The number of hydrogen-bond acceptors (Lipinski definition) is 3. The van der Waals surface area contributed by atoms with Crippen LogP contribution in [0, 0.1) is 5.92 Å². The van der Waals surface area contributed by atoms with E-state index in [-0.39, 0.29) is 5.75 Å². The number of aliphatic hydroxyl groups excluding tert-OH is 1. The molecule has 24 heavy (non-hydrogen) atoms. The maximum Gasteiger partial charge on any atom is 0.397 e. The Hall–Kier alpha value is -2.47. The summed E-state index contributed by atoms with van der Waals surface area (Å²) in [5.74, 6) is -0.977. The lowest BCUT2D eigenvalue weighted by Crippen LogP contribution is -2.31. The van der Waals surface area contributed by atoms with Crippen LogP contribution in [0.15, 0.2) is 59.0 Å². The summed E-state index contributed by atoms with van der Waals surface area (Å²) in [7, 11) is 0. The molecule has 1 N–H and O–H groups in total. The van der Waals surface area contributed by atoms with Crippen molar-refractivity contribution in [1.82, 2.24) is 0 Å². The van der Waals surface area contributed by atoms with Crippen molar-refractivity contribution < 1.29 is 27.4 Å². The largest absolute Gasteiger partial charge is 0.493 e. The first-order valence-corrected chi connectivity index (χ1v) is 7.37. The fourth-order valence-corrected chi connectivity index (χ4v) is 2.29. The van der Waals surface area contributed by atoms with E-state index >= 15 is 0 Å². The number of alkyl halides is 3. The maximum atomic E-state index is 12.6. The molecule has 0 amide bonds. The Morgan fingerprint density at radius 2 is 1.79 bits per heavy atom. The third kappa shape index (κ3) is 3.54. The van der Waals surface area contributed by atoms with Crippen LogP contribution in [-0.2, 0) is 0 Å². The van der Waals surface area contributed by atoms with Crippen LogP contribution >= 0.6 is 0 Å². The van der Waals surface area contributed by atoms with Gasteiger partial charge in [0.1, 0.15) is 29.6 Å². The lowest BCUT2D eigenvalue weighted by molar-refractivity contribution is -0.190. The predicted octanol–water partition coefficient (Wildman–Crippen LogP) is 4.65. The average molecular weight is 336 g/mol. The van der Waals surface area contributed by atoms with E-state index in [9.17, 15) is 13.2 Å². The molecular weight excluding hydrogens is 321 g/mol. The van der Waals surface area contributed by atoms with Gasteiger partial charge in [0.05, 0.1) is 6.61 Å². The molecule has 0 aliphatic carbocycles. The number of benzene rings is 2. The summed E-state index contributed by atoms with van der Waals surface area (Å²) >= 11 is 0. The molecule has 2 aromatic carbocycles. The highest BCUT2D eigenvalue weighted by atomic mass is 19.4. The number of ether oxygens (including phenoxy) is 1. The molecule has 6 heteroatoms. The summed E-state index contributed by atoms with van der Waals surface area (Å²) in [6, 6.07) is 16.2. The summed E-state index contributed by atoms with van der Waals surface area (Å²) in [6.45, 7) is -1.65. The molecule has 0 aliphatic heterocycles. The van der Waals surface area contributed by atoms with Crippen LogP contribution in [-0.4, -0.2) is 24.5 Å². The van der Waals surface area contributed by atoms with Gasteiger partial charge in [-0.15, -0.1) is 0 Å². The van der Waals surface area contributed by atoms with Crippen LogP contribution in [0.4, 0.5) is 13.2 Å². The van der Waals surface area contributed by atoms with Gasteiger partial charge < -0.3 is 14.3 Å². The summed E-state index contributed by atoms with van der Waals surface area (Å²) in [5.41, 5.74) is 1.44. The highest BCUT2D eigenvalue weighted by molar-refractivity contribution is 5.83. The molecule has 3 nitrogen and oxygen atoms in total. The standard InChI is InChI=1S/C18H15F3O3/c19-18(20,21)14(10-22)11-23-15-7-6-13-8-16(24-17(13)9-15)12-4-2-1-3-5-12/h1-9,14,22H,10-11H2. The molecule has 1 unspecified atom stereocenters. The minimum atomic E-state index is -4.50. The lowest BCUT2D eigenvalue weighted by atomic mass is 10.1. The van der Waals surface area contributed by atoms with Crippen molar-refractivity contribution in [3.05, 3.63) is 54.6 Å². The van der Waals surface area contributed by atoms with Gasteiger partial charge in [-0.05, 0) is 18.2 Å². The molecule has 0 saturated heterocycles. The number of hydrogen-bond donors (Lipinski definition) is 1. The normalized spacial score (nSPS) is 13.2. The van der Waals surface area contributed by atoms with E-state index in [1.165, 1.54) is 0 Å². The lowest BCUT2D eigenvalue weighted by Gasteiger charge is -2.18. The minimum absolute atomic E-state index is 0.263. The number of furan rings is 1. The summed E-state index contributed by atoms with van der Waals surface area (Å²) in [5, 5.41) is 9.65. The molecule has 3 aromatic rings. The fraction of sp³-hybridized carbons (Fsp3) is 0.222. The van der Waals surface area contributed by atoms with E-state index in [1.54, 1.807) is 18.2 Å². The van der Waals surface area contributed by atoms with E-state index in [0.717, 1.165) is 10.9 Å². The van der Waals surface area contributed by atoms with Crippen molar-refractivity contribution in [2.24, 2.45) is 5.92 Å². The van der Waals surface area contributed by atoms with Crippen molar-refractivity contribution >= 4 is 11.0 Å². The fourth-order valence-electron chi connectivity index (χ4n) is 2.29. The number of halogens is 3. The maximum absolute atomic E-state index is 12.6. The van der Waals surface area contributed by atoms with Gasteiger partial charge in [-0.25, -0.2) is 0 Å². The van der Waals surface area contributed by atoms with E-state index in [1.807, 2.05) is 36.4 Å². The quantitative estimate of drug-likeness (QED) is 0.737. The number of fused-ring (bicyclic) bond motifs is 1. The predicted molar refractivity (Wildman–Crippen MR) is 83.8 cm³/mol. The highest BCUT2D eigenvalue weighted by Gasteiger charge is 2.39. The summed E-state index contributed by atoms with van der Waals surface area (Å²) in [6.07, 6.45) is -4.50. The Morgan fingerprint density at radius 1 is 1.04 bits per heavy atom. The first-order chi connectivity index (χ1) is 11.5. The second kappa shape index (κ2) is 6.57. The minimum Gasteiger partial charge on any atom is -0.493 e. The third-order valence-electron chi connectivity index (χ3n) is 3.68. The summed E-state index contributed by atoms with van der Waals surface area (Å²) < 4.78 is 48.7. The molecule has 126 valence electrons. The SMILES string of the molecule is OCC(COc1ccc2cc(-c3ccccc3)oc2c1)C(F)(F)F. The highest BCUT2D eigenvalue weighted by Crippen LogP contribution is 2.31. The van der Waals surface area contributed by atoms with Crippen molar-refractivity contribution in [1.29, 1.82) is 0 Å². The van der Waals surface area contributed by atoms with E-state index in [0.29, 0.717) is 11.3 Å². The molecule has 0 fully saturated rings. The van der Waals surface area contributed by atoms with E-state index in [4.69, 9.17) is 14.3 Å². The van der Waals surface area contributed by atoms with Gasteiger partial charge >= 0.3 is 6.18 Å². The zero-order valence-corrected chi connectivity index (χ0v) is 12.6. The van der Waals surface area contributed by atoms with E-state index in [2.05, 4.69) is 0 Å². The Balaban J connectivity index is 1.79. The van der Waals surface area contributed by atoms with Crippen molar-refractivity contribution in [3.8, 4) is 17.1 Å². The van der Waals surface area contributed by atoms with Gasteiger partial charge in [0, 0.05) is 17.0 Å². The van der Waals surface area contributed by atoms with Crippen molar-refractivity contribution in [3.63, 3.8) is 0 Å². The second-order valence-corrected chi connectivity index (χ2v) is 5.41. The molecule has 1 atom stereocenters. The van der Waals surface area contributed by atoms with Gasteiger partial charge in [-0.1, -0.05) is 30.3 Å². The molecule has 0 spiro atoms. The van der Waals surface area contributed by atoms with Crippen LogP contribution in [0.1, 0.15) is 0 Å². The monoisotopic (exact) mass is 336 g/mol. The zero-order valence-electron chi connectivity index (χ0n) is 12.6. The van der Waals surface area contributed by atoms with Gasteiger partial charge in [0.2, 0.25) is 0 Å². The van der Waals surface area contributed by atoms with Crippen LogP contribution in [0.2, 0.25) is 0 Å². The van der Waals surface area contributed by atoms with Gasteiger partial charge in [0.15, 0.2) is 0 Å². The Kier molecular flexibility index (Phi) is 4.49. The second-order valence-electron chi connectivity index (χ2n) is 5.41. The molecule has 1 heterocycles. The van der Waals surface area contributed by atoms with Gasteiger partial charge in [-0.2, -0.15) is 13.2 Å². The molecular formula is C18H15F3O3. The molecule has 1 aromatic heterocycles. The van der Waals surface area contributed by atoms with Crippen LogP contribution < -0.4 is 4.74 Å². The average Bonchev–Trinajstić information content (AvgIpc) is 2.98. The Labute approximate surface area is 136 Å². The van der Waals surface area contributed by atoms with Crippen LogP contribution in [0.3, 0.4) is 0 Å². The molecule has 3 rings (SSSR count). The number of rotatable bonds is 5. The Morgan fingerprint density at radius 3 is 2.46 bits per heavy atom. The Bertz CT molecular complexity index is 809. The zero-order chi connectivity index (χ0) is 17.2. The first kappa shape index (κ1) is 16.4. The van der Waals surface area contributed by atoms with Crippen molar-refractivity contribution in [2.75, 3.05) is 13.2 Å².